The van der Waals surface area contributed by atoms with Gasteiger partial charge in [-0.05, 0) is 19.1 Å². The summed E-state index contributed by atoms with van der Waals surface area (Å²) in [6, 6.07) is 5.37. The highest BCUT2D eigenvalue weighted by atomic mass is 79.9. The molecule has 6 heteroatoms. The molecule has 1 heterocycles. The number of hydrogen-bond donors (Lipinski definition) is 0. The zero-order valence-corrected chi connectivity index (χ0v) is 11.1. The number of aromatic nitrogens is 1. The van der Waals surface area contributed by atoms with E-state index >= 15 is 0 Å². The summed E-state index contributed by atoms with van der Waals surface area (Å²) >= 11 is 3.16. The van der Waals surface area contributed by atoms with E-state index in [2.05, 4.69) is 20.9 Å². The molecule has 1 aromatic rings. The first kappa shape index (κ1) is 14.4. The van der Waals surface area contributed by atoms with Gasteiger partial charge < -0.3 is 0 Å². The Bertz CT molecular complexity index is 355. The van der Waals surface area contributed by atoms with E-state index in [-0.39, 0.29) is 6.54 Å². The van der Waals surface area contributed by atoms with Crippen LogP contribution >= 0.6 is 15.9 Å². The average molecular weight is 311 g/mol. The molecule has 1 aromatic heterocycles. The van der Waals surface area contributed by atoms with Crippen molar-refractivity contribution in [1.82, 2.24) is 9.88 Å². The zero-order chi connectivity index (χ0) is 12.9. The third kappa shape index (κ3) is 6.02. The van der Waals surface area contributed by atoms with Gasteiger partial charge in [-0.3, -0.25) is 9.88 Å². The predicted octanol–water partition coefficient (Wildman–Crippen LogP) is 3.15. The van der Waals surface area contributed by atoms with Crippen molar-refractivity contribution in [1.29, 1.82) is 0 Å². The number of aryl methyl sites for hydroxylation is 1. The molecule has 0 aliphatic carbocycles. The Morgan fingerprint density at radius 2 is 2.06 bits per heavy atom. The van der Waals surface area contributed by atoms with E-state index < -0.39 is 12.7 Å². The maximum atomic E-state index is 12.3. The van der Waals surface area contributed by atoms with Crippen LogP contribution in [0, 0.1) is 6.92 Å². The fraction of sp³-hybridized carbons (Fsp3) is 0.545. The first-order valence-corrected chi connectivity index (χ1v) is 6.30. The zero-order valence-electron chi connectivity index (χ0n) is 9.47. The van der Waals surface area contributed by atoms with Crippen LogP contribution in [-0.4, -0.2) is 34.5 Å². The molecule has 0 aliphatic rings. The second kappa shape index (κ2) is 6.35. The molecule has 2 nitrogen and oxygen atoms in total. The number of pyridine rings is 1. The van der Waals surface area contributed by atoms with E-state index in [1.54, 1.807) is 12.1 Å². The van der Waals surface area contributed by atoms with Gasteiger partial charge in [0.25, 0.3) is 0 Å². The summed E-state index contributed by atoms with van der Waals surface area (Å²) in [7, 11) is 0. The number of alkyl halides is 4. The van der Waals surface area contributed by atoms with Crippen molar-refractivity contribution in [2.75, 3.05) is 18.4 Å². The van der Waals surface area contributed by atoms with Crippen LogP contribution in [0.25, 0.3) is 0 Å². The minimum Gasteiger partial charge on any atom is -0.288 e. The third-order valence-electron chi connectivity index (χ3n) is 2.14. The Morgan fingerprint density at radius 1 is 1.35 bits per heavy atom. The molecular formula is C11H14BrF3N2. The van der Waals surface area contributed by atoms with Crippen LogP contribution in [0.1, 0.15) is 11.4 Å². The van der Waals surface area contributed by atoms with Crippen LogP contribution in [-0.2, 0) is 6.54 Å². The number of rotatable bonds is 5. The Labute approximate surface area is 107 Å². The first-order chi connectivity index (χ1) is 7.90. The van der Waals surface area contributed by atoms with E-state index in [0.29, 0.717) is 17.6 Å². The lowest BCUT2D eigenvalue weighted by Crippen LogP contribution is -2.35. The molecule has 0 bridgehead atoms. The molecule has 0 amide bonds. The summed E-state index contributed by atoms with van der Waals surface area (Å²) in [4.78, 5) is 5.53. The van der Waals surface area contributed by atoms with Gasteiger partial charge in [-0.2, -0.15) is 13.2 Å². The number of hydrogen-bond acceptors (Lipinski definition) is 2. The van der Waals surface area contributed by atoms with Crippen LogP contribution in [0.2, 0.25) is 0 Å². The molecular weight excluding hydrogens is 297 g/mol. The highest BCUT2D eigenvalue weighted by Crippen LogP contribution is 2.17. The topological polar surface area (TPSA) is 16.1 Å². The van der Waals surface area contributed by atoms with Crippen LogP contribution in [0.4, 0.5) is 13.2 Å². The van der Waals surface area contributed by atoms with Gasteiger partial charge in [0.2, 0.25) is 0 Å². The van der Waals surface area contributed by atoms with Crippen LogP contribution in [0.5, 0.6) is 0 Å². The summed E-state index contributed by atoms with van der Waals surface area (Å²) in [5.74, 6) is 0. The molecule has 0 saturated carbocycles. The highest BCUT2D eigenvalue weighted by Gasteiger charge is 2.30. The molecule has 17 heavy (non-hydrogen) atoms. The monoisotopic (exact) mass is 310 g/mol. The van der Waals surface area contributed by atoms with Crippen molar-refractivity contribution in [3.8, 4) is 0 Å². The molecule has 1 rings (SSSR count). The lowest BCUT2D eigenvalue weighted by molar-refractivity contribution is -0.146. The summed E-state index contributed by atoms with van der Waals surface area (Å²) in [5, 5.41) is 0.509. The van der Waals surface area contributed by atoms with Crippen molar-refractivity contribution >= 4 is 15.9 Å². The van der Waals surface area contributed by atoms with Crippen molar-refractivity contribution in [3.05, 3.63) is 29.6 Å². The highest BCUT2D eigenvalue weighted by molar-refractivity contribution is 9.09. The largest absolute Gasteiger partial charge is 0.401 e. The van der Waals surface area contributed by atoms with Gasteiger partial charge in [0, 0.05) is 24.1 Å². The van der Waals surface area contributed by atoms with Gasteiger partial charge >= 0.3 is 6.18 Å². The lowest BCUT2D eigenvalue weighted by atomic mass is 10.3. The van der Waals surface area contributed by atoms with E-state index in [1.807, 2.05) is 13.0 Å². The lowest BCUT2D eigenvalue weighted by Gasteiger charge is -2.22. The minimum absolute atomic E-state index is 0.215. The summed E-state index contributed by atoms with van der Waals surface area (Å²) in [5.41, 5.74) is 1.48. The Morgan fingerprint density at radius 3 is 2.59 bits per heavy atom. The van der Waals surface area contributed by atoms with Gasteiger partial charge in [-0.15, -0.1) is 0 Å². The smallest absolute Gasteiger partial charge is 0.288 e. The maximum Gasteiger partial charge on any atom is 0.401 e. The molecule has 96 valence electrons. The van der Waals surface area contributed by atoms with E-state index in [4.69, 9.17) is 0 Å². The molecule has 0 aromatic carbocycles. The fourth-order valence-corrected chi connectivity index (χ4v) is 2.01. The van der Waals surface area contributed by atoms with Gasteiger partial charge in [0.1, 0.15) is 0 Å². The summed E-state index contributed by atoms with van der Waals surface area (Å²) in [6.45, 7) is 1.47. The molecule has 0 aliphatic heterocycles. The van der Waals surface area contributed by atoms with Gasteiger partial charge in [0.05, 0.1) is 12.2 Å². The third-order valence-corrected chi connectivity index (χ3v) is 2.49. The van der Waals surface area contributed by atoms with Crippen LogP contribution < -0.4 is 0 Å². The van der Waals surface area contributed by atoms with Gasteiger partial charge in [-0.1, -0.05) is 22.0 Å². The molecule has 0 radical (unpaired) electrons. The first-order valence-electron chi connectivity index (χ1n) is 5.18. The van der Waals surface area contributed by atoms with Crippen LogP contribution in [0.15, 0.2) is 18.2 Å². The minimum atomic E-state index is -4.17. The van der Waals surface area contributed by atoms with Crippen molar-refractivity contribution < 1.29 is 13.2 Å². The van der Waals surface area contributed by atoms with Gasteiger partial charge in [0.15, 0.2) is 0 Å². The second-order valence-corrected chi connectivity index (χ2v) is 4.58. The molecule has 0 unspecified atom stereocenters. The molecule has 0 atom stereocenters. The van der Waals surface area contributed by atoms with Crippen molar-refractivity contribution in [2.24, 2.45) is 0 Å². The number of nitrogens with zero attached hydrogens (tertiary/aromatic N) is 2. The Hall–Kier alpha value is -0.620. The Kier molecular flexibility index (Phi) is 5.39. The molecule has 0 saturated heterocycles. The SMILES string of the molecule is Cc1cccc(CN(CCBr)CC(F)(F)F)n1. The Balaban J connectivity index is 2.66. The maximum absolute atomic E-state index is 12.3. The molecule has 0 N–H and O–H groups in total. The fourth-order valence-electron chi connectivity index (χ4n) is 1.50. The van der Waals surface area contributed by atoms with Crippen LogP contribution in [0.3, 0.4) is 0 Å². The molecule has 0 spiro atoms. The van der Waals surface area contributed by atoms with Crippen molar-refractivity contribution in [2.45, 2.75) is 19.6 Å². The predicted molar refractivity (Wildman–Crippen MR) is 64.1 cm³/mol. The second-order valence-electron chi connectivity index (χ2n) is 3.79. The summed E-state index contributed by atoms with van der Waals surface area (Å²) < 4.78 is 37.0. The van der Waals surface area contributed by atoms with Crippen molar-refractivity contribution in [3.63, 3.8) is 0 Å². The summed E-state index contributed by atoms with van der Waals surface area (Å²) in [6.07, 6.45) is -4.17. The van der Waals surface area contributed by atoms with E-state index in [9.17, 15) is 13.2 Å². The van der Waals surface area contributed by atoms with E-state index in [0.717, 1.165) is 5.69 Å². The normalized spacial score (nSPS) is 12.1. The van der Waals surface area contributed by atoms with Gasteiger partial charge in [-0.25, -0.2) is 0 Å². The molecule has 0 fully saturated rings. The van der Waals surface area contributed by atoms with E-state index in [1.165, 1.54) is 4.90 Å². The quantitative estimate of drug-likeness (QED) is 0.777. The average Bonchev–Trinajstić information content (AvgIpc) is 2.15. The number of halogens is 4. The standard InChI is InChI=1S/C11H14BrF3N2/c1-9-3-2-4-10(16-9)7-17(6-5-12)8-11(13,14)15/h2-4H,5-8H2,1H3.